The third kappa shape index (κ3) is 2.89. The van der Waals surface area contributed by atoms with E-state index in [-0.39, 0.29) is 12.0 Å². The van der Waals surface area contributed by atoms with Gasteiger partial charge in [0.1, 0.15) is 17.5 Å². The molecule has 5 nitrogen and oxygen atoms in total. The van der Waals surface area contributed by atoms with E-state index in [1.165, 1.54) is 0 Å². The molecule has 0 bridgehead atoms. The first-order chi connectivity index (χ1) is 9.72. The summed E-state index contributed by atoms with van der Waals surface area (Å²) in [4.78, 5) is 0. The molecule has 2 heterocycles. The molecule has 6 heteroatoms. The summed E-state index contributed by atoms with van der Waals surface area (Å²) in [6.45, 7) is 1.41. The van der Waals surface area contributed by atoms with Crippen LogP contribution in [0.5, 0.6) is 5.75 Å². The minimum Gasteiger partial charge on any atom is -0.486 e. The van der Waals surface area contributed by atoms with Gasteiger partial charge in [0.25, 0.3) is 0 Å². The molecule has 1 aliphatic heterocycles. The summed E-state index contributed by atoms with van der Waals surface area (Å²) < 4.78 is 16.1. The van der Waals surface area contributed by atoms with E-state index in [1.54, 1.807) is 12.1 Å². The predicted molar refractivity (Wildman–Crippen MR) is 75.8 cm³/mol. The molecular weight excluding hydrogens is 280 g/mol. The lowest BCUT2D eigenvalue weighted by Gasteiger charge is -2.23. The van der Waals surface area contributed by atoms with Crippen LogP contribution < -0.4 is 10.5 Å². The van der Waals surface area contributed by atoms with Crippen molar-refractivity contribution in [2.75, 3.05) is 18.9 Å². The maximum Gasteiger partial charge on any atom is 0.222 e. The van der Waals surface area contributed by atoms with E-state index in [0.29, 0.717) is 23.1 Å². The summed E-state index contributed by atoms with van der Waals surface area (Å²) in [7, 11) is 0. The number of ether oxygens (including phenoxy) is 2. The third-order valence-electron chi connectivity index (χ3n) is 3.17. The Labute approximate surface area is 121 Å². The van der Waals surface area contributed by atoms with E-state index in [9.17, 15) is 0 Å². The van der Waals surface area contributed by atoms with Crippen molar-refractivity contribution in [2.24, 2.45) is 0 Å². The Balaban J connectivity index is 1.76. The Morgan fingerprint density at radius 2 is 2.25 bits per heavy atom. The highest BCUT2D eigenvalue weighted by atomic mass is 35.5. The third-order valence-corrected chi connectivity index (χ3v) is 3.46. The zero-order chi connectivity index (χ0) is 13.9. The fourth-order valence-corrected chi connectivity index (χ4v) is 2.39. The van der Waals surface area contributed by atoms with Crippen molar-refractivity contribution in [3.63, 3.8) is 0 Å². The van der Waals surface area contributed by atoms with Gasteiger partial charge in [0.2, 0.25) is 5.88 Å². The van der Waals surface area contributed by atoms with Gasteiger partial charge in [0, 0.05) is 18.2 Å². The van der Waals surface area contributed by atoms with Gasteiger partial charge in [-0.05, 0) is 31.0 Å². The standard InChI is InChI=1S/C14H15ClN2O3/c15-11-6-9(12-7-14(16)20-17-12)3-4-13(11)19-10-2-1-5-18-8-10/h3-4,6-7,10H,1-2,5,8,16H2. The van der Waals surface area contributed by atoms with Crippen LogP contribution in [0.2, 0.25) is 5.02 Å². The molecule has 2 aromatic rings. The van der Waals surface area contributed by atoms with Gasteiger partial charge in [0.15, 0.2) is 0 Å². The summed E-state index contributed by atoms with van der Waals surface area (Å²) in [6.07, 6.45) is 2.06. The van der Waals surface area contributed by atoms with Gasteiger partial charge in [-0.2, -0.15) is 0 Å². The highest BCUT2D eigenvalue weighted by molar-refractivity contribution is 6.32. The smallest absolute Gasteiger partial charge is 0.222 e. The van der Waals surface area contributed by atoms with E-state index in [4.69, 9.17) is 31.3 Å². The number of hydrogen-bond acceptors (Lipinski definition) is 5. The molecule has 1 aromatic heterocycles. The molecule has 1 unspecified atom stereocenters. The van der Waals surface area contributed by atoms with Gasteiger partial charge >= 0.3 is 0 Å². The van der Waals surface area contributed by atoms with Crippen LogP contribution in [0.1, 0.15) is 12.8 Å². The second-order valence-corrected chi connectivity index (χ2v) is 5.12. The number of benzene rings is 1. The number of hydrogen-bond donors (Lipinski definition) is 1. The van der Waals surface area contributed by atoms with Crippen LogP contribution in [-0.4, -0.2) is 24.5 Å². The number of anilines is 1. The van der Waals surface area contributed by atoms with Crippen LogP contribution in [0.15, 0.2) is 28.8 Å². The number of halogens is 1. The number of rotatable bonds is 3. The van der Waals surface area contributed by atoms with Gasteiger partial charge in [-0.1, -0.05) is 16.8 Å². The minimum atomic E-state index is 0.0646. The van der Waals surface area contributed by atoms with Gasteiger partial charge < -0.3 is 19.7 Å². The molecule has 0 saturated carbocycles. The van der Waals surface area contributed by atoms with Crippen molar-refractivity contribution in [1.29, 1.82) is 0 Å². The van der Waals surface area contributed by atoms with Gasteiger partial charge in [-0.15, -0.1) is 0 Å². The van der Waals surface area contributed by atoms with E-state index >= 15 is 0 Å². The van der Waals surface area contributed by atoms with Gasteiger partial charge in [-0.3, -0.25) is 0 Å². The molecule has 3 rings (SSSR count). The molecule has 0 amide bonds. The lowest BCUT2D eigenvalue weighted by molar-refractivity contribution is 0.00748. The van der Waals surface area contributed by atoms with E-state index in [0.717, 1.165) is 25.0 Å². The highest BCUT2D eigenvalue weighted by Crippen LogP contribution is 2.31. The van der Waals surface area contributed by atoms with E-state index < -0.39 is 0 Å². The Kier molecular flexibility index (Phi) is 3.80. The lowest BCUT2D eigenvalue weighted by atomic mass is 10.1. The second kappa shape index (κ2) is 5.73. The van der Waals surface area contributed by atoms with Crippen LogP contribution in [0, 0.1) is 0 Å². The van der Waals surface area contributed by atoms with Crippen molar-refractivity contribution in [2.45, 2.75) is 18.9 Å². The Bertz CT molecular complexity index is 594. The average Bonchev–Trinajstić information content (AvgIpc) is 2.89. The number of nitrogens with two attached hydrogens (primary N) is 1. The SMILES string of the molecule is Nc1cc(-c2ccc(OC3CCCOC3)c(Cl)c2)no1. The summed E-state index contributed by atoms with van der Waals surface area (Å²) >= 11 is 6.25. The van der Waals surface area contributed by atoms with Gasteiger partial charge in [0.05, 0.1) is 11.6 Å². The van der Waals surface area contributed by atoms with Crippen LogP contribution in [0.25, 0.3) is 11.3 Å². The molecule has 106 valence electrons. The first-order valence-corrected chi connectivity index (χ1v) is 6.86. The van der Waals surface area contributed by atoms with E-state index in [2.05, 4.69) is 5.16 Å². The Morgan fingerprint density at radius 1 is 1.35 bits per heavy atom. The first-order valence-electron chi connectivity index (χ1n) is 6.49. The van der Waals surface area contributed by atoms with Crippen molar-refractivity contribution < 1.29 is 14.0 Å². The zero-order valence-electron chi connectivity index (χ0n) is 10.8. The fraction of sp³-hybridized carbons (Fsp3) is 0.357. The lowest BCUT2D eigenvalue weighted by Crippen LogP contribution is -2.28. The molecule has 1 aliphatic rings. The van der Waals surface area contributed by atoms with Crippen LogP contribution in [-0.2, 0) is 4.74 Å². The molecule has 1 saturated heterocycles. The zero-order valence-corrected chi connectivity index (χ0v) is 11.6. The summed E-state index contributed by atoms with van der Waals surface area (Å²) in [5.41, 5.74) is 6.99. The Hall–Kier alpha value is -1.72. The Morgan fingerprint density at radius 3 is 2.90 bits per heavy atom. The van der Waals surface area contributed by atoms with Crippen molar-refractivity contribution in [3.05, 3.63) is 29.3 Å². The van der Waals surface area contributed by atoms with Crippen LogP contribution >= 0.6 is 11.6 Å². The number of nitrogens with zero attached hydrogens (tertiary/aromatic N) is 1. The first kappa shape index (κ1) is 13.3. The predicted octanol–water partition coefficient (Wildman–Crippen LogP) is 3.14. The molecule has 0 aliphatic carbocycles. The molecule has 1 fully saturated rings. The normalized spacial score (nSPS) is 18.9. The van der Waals surface area contributed by atoms with E-state index in [1.807, 2.05) is 12.1 Å². The molecule has 1 aromatic carbocycles. The quantitative estimate of drug-likeness (QED) is 0.941. The molecule has 1 atom stereocenters. The van der Waals surface area contributed by atoms with Crippen molar-refractivity contribution in [3.8, 4) is 17.0 Å². The number of nitrogen functional groups attached to an aromatic ring is 1. The highest BCUT2D eigenvalue weighted by Gasteiger charge is 2.17. The van der Waals surface area contributed by atoms with Crippen molar-refractivity contribution >= 4 is 17.5 Å². The molecule has 0 spiro atoms. The average molecular weight is 295 g/mol. The largest absolute Gasteiger partial charge is 0.486 e. The molecule has 0 radical (unpaired) electrons. The molecular formula is C14H15ClN2O3. The molecule has 2 N–H and O–H groups in total. The second-order valence-electron chi connectivity index (χ2n) is 4.72. The van der Waals surface area contributed by atoms with Crippen molar-refractivity contribution in [1.82, 2.24) is 5.16 Å². The monoisotopic (exact) mass is 294 g/mol. The summed E-state index contributed by atoms with van der Waals surface area (Å²) in [5.74, 6) is 0.929. The minimum absolute atomic E-state index is 0.0646. The van der Waals surface area contributed by atoms with Gasteiger partial charge in [-0.25, -0.2) is 0 Å². The maximum atomic E-state index is 6.25. The van der Waals surface area contributed by atoms with Crippen LogP contribution in [0.3, 0.4) is 0 Å². The van der Waals surface area contributed by atoms with Crippen LogP contribution in [0.4, 0.5) is 5.88 Å². The number of aromatic nitrogens is 1. The maximum absolute atomic E-state index is 6.25. The summed E-state index contributed by atoms with van der Waals surface area (Å²) in [6, 6.07) is 7.15. The summed E-state index contributed by atoms with van der Waals surface area (Å²) in [5, 5.41) is 4.39. The molecule has 20 heavy (non-hydrogen) atoms. The topological polar surface area (TPSA) is 70.5 Å². The fourth-order valence-electron chi connectivity index (χ4n) is 2.16.